The van der Waals surface area contributed by atoms with Crippen LogP contribution in [-0.2, 0) is 22.9 Å². The molecular weight excluding hydrogens is 226 g/mol. The van der Waals surface area contributed by atoms with Crippen LogP contribution in [0.1, 0.15) is 24.9 Å². The molecule has 16 heavy (non-hydrogen) atoms. The second-order valence-corrected chi connectivity index (χ2v) is 6.22. The monoisotopic (exact) mass is 245 g/mol. The zero-order valence-electron chi connectivity index (χ0n) is 9.81. The van der Waals surface area contributed by atoms with E-state index in [0.29, 0.717) is 19.5 Å². The van der Waals surface area contributed by atoms with Gasteiger partial charge in [-0.3, -0.25) is 0 Å². The minimum atomic E-state index is -2.87. The predicted octanol–water partition coefficient (Wildman–Crippen LogP) is 0.475. The fraction of sp³-hybridized carbons (Fsp3) is 0.700. The molecule has 1 rings (SSSR count). The molecule has 0 saturated heterocycles. The lowest BCUT2D eigenvalue weighted by Gasteiger charge is -2.08. The van der Waals surface area contributed by atoms with Gasteiger partial charge >= 0.3 is 0 Å². The molecule has 0 spiro atoms. The lowest BCUT2D eigenvalue weighted by atomic mass is 10.4. The molecule has 1 aromatic heterocycles. The average Bonchev–Trinajstić information content (AvgIpc) is 2.60. The first-order chi connectivity index (χ1) is 7.50. The van der Waals surface area contributed by atoms with E-state index in [9.17, 15) is 8.42 Å². The molecule has 0 unspecified atom stereocenters. The summed E-state index contributed by atoms with van der Waals surface area (Å²) in [6.07, 6.45) is 2.35. The van der Waals surface area contributed by atoms with Gasteiger partial charge in [0.05, 0.1) is 11.4 Å². The Morgan fingerprint density at radius 2 is 2.19 bits per heavy atom. The van der Waals surface area contributed by atoms with Gasteiger partial charge in [-0.05, 0) is 13.3 Å². The summed E-state index contributed by atoms with van der Waals surface area (Å²) in [4.78, 5) is 4.16. The Bertz CT molecular complexity index is 437. The van der Waals surface area contributed by atoms with E-state index < -0.39 is 9.84 Å². The van der Waals surface area contributed by atoms with E-state index >= 15 is 0 Å². The summed E-state index contributed by atoms with van der Waals surface area (Å²) in [6.45, 7) is 4.66. The molecule has 0 aliphatic heterocycles. The van der Waals surface area contributed by atoms with Crippen LogP contribution in [0.5, 0.6) is 0 Å². The topological polar surface area (TPSA) is 78.0 Å². The molecule has 6 heteroatoms. The van der Waals surface area contributed by atoms with Crippen molar-refractivity contribution in [1.29, 1.82) is 0 Å². The fourth-order valence-electron chi connectivity index (χ4n) is 1.57. The number of hydrogen-bond donors (Lipinski definition) is 1. The number of sulfone groups is 1. The highest BCUT2D eigenvalue weighted by molar-refractivity contribution is 7.91. The second kappa shape index (κ2) is 5.45. The van der Waals surface area contributed by atoms with E-state index in [1.165, 1.54) is 0 Å². The first kappa shape index (κ1) is 13.2. The number of imidazole rings is 1. The van der Waals surface area contributed by atoms with Gasteiger partial charge < -0.3 is 10.3 Å². The molecule has 0 fully saturated rings. The Kier molecular flexibility index (Phi) is 4.49. The Morgan fingerprint density at radius 1 is 1.50 bits per heavy atom. The van der Waals surface area contributed by atoms with Crippen LogP contribution in [0.4, 0.5) is 0 Å². The minimum absolute atomic E-state index is 0.208. The third-order valence-electron chi connectivity index (χ3n) is 2.62. The lowest BCUT2D eigenvalue weighted by molar-refractivity contribution is 0.581. The van der Waals surface area contributed by atoms with Crippen molar-refractivity contribution in [2.45, 2.75) is 33.4 Å². The highest BCUT2D eigenvalue weighted by Gasteiger charge is 2.09. The number of rotatable bonds is 6. The zero-order chi connectivity index (χ0) is 12.2. The van der Waals surface area contributed by atoms with Crippen LogP contribution in [0.15, 0.2) is 6.20 Å². The van der Waals surface area contributed by atoms with Crippen molar-refractivity contribution in [1.82, 2.24) is 9.55 Å². The Hall–Kier alpha value is -0.880. The molecule has 5 nitrogen and oxygen atoms in total. The smallest absolute Gasteiger partial charge is 0.150 e. The summed E-state index contributed by atoms with van der Waals surface area (Å²) < 4.78 is 24.6. The number of hydrogen-bond acceptors (Lipinski definition) is 4. The van der Waals surface area contributed by atoms with Crippen LogP contribution < -0.4 is 5.73 Å². The van der Waals surface area contributed by atoms with E-state index in [1.54, 1.807) is 13.1 Å². The second-order valence-electron chi connectivity index (χ2n) is 3.74. The molecule has 0 saturated carbocycles. The van der Waals surface area contributed by atoms with Crippen molar-refractivity contribution in [3.05, 3.63) is 17.7 Å². The van der Waals surface area contributed by atoms with E-state index in [0.717, 1.165) is 11.5 Å². The van der Waals surface area contributed by atoms with Crippen LogP contribution in [0, 0.1) is 6.92 Å². The van der Waals surface area contributed by atoms with Crippen molar-refractivity contribution in [3.63, 3.8) is 0 Å². The molecule has 0 aromatic carbocycles. The van der Waals surface area contributed by atoms with Gasteiger partial charge in [0.2, 0.25) is 0 Å². The normalized spacial score (nSPS) is 11.9. The molecule has 92 valence electrons. The summed E-state index contributed by atoms with van der Waals surface area (Å²) in [5, 5.41) is 0. The van der Waals surface area contributed by atoms with Crippen molar-refractivity contribution in [2.75, 3.05) is 11.5 Å². The van der Waals surface area contributed by atoms with Gasteiger partial charge in [0.1, 0.15) is 15.7 Å². The first-order valence-corrected chi connectivity index (χ1v) is 7.23. The Balaban J connectivity index is 2.58. The number of nitrogens with two attached hydrogens (primary N) is 1. The minimum Gasteiger partial charge on any atom is -0.331 e. The van der Waals surface area contributed by atoms with Crippen molar-refractivity contribution in [2.24, 2.45) is 5.73 Å². The summed E-state index contributed by atoms with van der Waals surface area (Å²) in [5.41, 5.74) is 6.52. The van der Waals surface area contributed by atoms with Crippen LogP contribution in [0.3, 0.4) is 0 Å². The summed E-state index contributed by atoms with van der Waals surface area (Å²) in [5.74, 6) is 1.32. The van der Waals surface area contributed by atoms with Crippen molar-refractivity contribution < 1.29 is 8.42 Å². The van der Waals surface area contributed by atoms with Gasteiger partial charge in [-0.25, -0.2) is 13.4 Å². The third kappa shape index (κ3) is 3.31. The van der Waals surface area contributed by atoms with Gasteiger partial charge in [-0.15, -0.1) is 0 Å². The average molecular weight is 245 g/mol. The highest BCUT2D eigenvalue weighted by Crippen LogP contribution is 2.06. The quantitative estimate of drug-likeness (QED) is 0.790. The standard InChI is InChI=1S/C10H19N3O2S/c1-3-16(14,15)6-4-5-13-9(2)12-8-10(13)7-11/h8H,3-7,11H2,1-2H3. The number of nitrogens with zero attached hydrogens (tertiary/aromatic N) is 2. The van der Waals surface area contributed by atoms with E-state index in [1.807, 2.05) is 11.5 Å². The Labute approximate surface area is 96.6 Å². The Morgan fingerprint density at radius 3 is 2.75 bits per heavy atom. The summed E-state index contributed by atoms with van der Waals surface area (Å²) in [7, 11) is -2.87. The first-order valence-electron chi connectivity index (χ1n) is 5.41. The molecule has 0 bridgehead atoms. The fourth-order valence-corrected chi connectivity index (χ4v) is 2.43. The molecule has 0 amide bonds. The highest BCUT2D eigenvalue weighted by atomic mass is 32.2. The molecule has 1 heterocycles. The predicted molar refractivity (Wildman–Crippen MR) is 63.8 cm³/mol. The zero-order valence-corrected chi connectivity index (χ0v) is 10.6. The van der Waals surface area contributed by atoms with Crippen LogP contribution >= 0.6 is 0 Å². The summed E-state index contributed by atoms with van der Waals surface area (Å²) >= 11 is 0. The number of aromatic nitrogens is 2. The maximum absolute atomic E-state index is 11.3. The van der Waals surface area contributed by atoms with E-state index in [-0.39, 0.29) is 11.5 Å². The molecule has 1 aromatic rings. The molecule has 2 N–H and O–H groups in total. The molecule has 0 atom stereocenters. The van der Waals surface area contributed by atoms with Gasteiger partial charge in [0, 0.05) is 25.0 Å². The lowest BCUT2D eigenvalue weighted by Crippen LogP contribution is -2.14. The maximum atomic E-state index is 11.3. The molecule has 0 aliphatic carbocycles. The van der Waals surface area contributed by atoms with Gasteiger partial charge in [-0.1, -0.05) is 6.92 Å². The van der Waals surface area contributed by atoms with E-state index in [4.69, 9.17) is 5.73 Å². The number of aryl methyl sites for hydroxylation is 1. The molecule has 0 aliphatic rings. The SMILES string of the molecule is CCS(=O)(=O)CCCn1c(CN)cnc1C. The third-order valence-corrected chi connectivity index (χ3v) is 4.41. The largest absolute Gasteiger partial charge is 0.331 e. The molecule has 0 radical (unpaired) electrons. The van der Waals surface area contributed by atoms with Crippen LogP contribution in [0.2, 0.25) is 0 Å². The maximum Gasteiger partial charge on any atom is 0.150 e. The van der Waals surface area contributed by atoms with Crippen molar-refractivity contribution >= 4 is 9.84 Å². The van der Waals surface area contributed by atoms with Gasteiger partial charge in [0.25, 0.3) is 0 Å². The van der Waals surface area contributed by atoms with Gasteiger partial charge in [-0.2, -0.15) is 0 Å². The molecular formula is C10H19N3O2S. The van der Waals surface area contributed by atoms with Crippen molar-refractivity contribution in [3.8, 4) is 0 Å². The van der Waals surface area contributed by atoms with Crippen LogP contribution in [0.25, 0.3) is 0 Å². The van der Waals surface area contributed by atoms with Crippen LogP contribution in [-0.4, -0.2) is 29.5 Å². The van der Waals surface area contributed by atoms with E-state index in [2.05, 4.69) is 4.98 Å². The van der Waals surface area contributed by atoms with Gasteiger partial charge in [0.15, 0.2) is 0 Å². The summed E-state index contributed by atoms with van der Waals surface area (Å²) in [6, 6.07) is 0.